The molecule has 2 unspecified atom stereocenters. The third-order valence-electron chi connectivity index (χ3n) is 5.02. The molecule has 3 heterocycles. The maximum atomic E-state index is 14.7. The van der Waals surface area contributed by atoms with Gasteiger partial charge in [-0.2, -0.15) is 0 Å². The van der Waals surface area contributed by atoms with Crippen molar-refractivity contribution in [3.63, 3.8) is 0 Å². The van der Waals surface area contributed by atoms with Gasteiger partial charge in [-0.1, -0.05) is 6.07 Å². The van der Waals surface area contributed by atoms with Crippen molar-refractivity contribution in [1.82, 2.24) is 9.88 Å². The Morgan fingerprint density at radius 1 is 1.23 bits per heavy atom. The number of benzene rings is 1. The fourth-order valence-electron chi connectivity index (χ4n) is 3.25. The van der Waals surface area contributed by atoms with Gasteiger partial charge >= 0.3 is 27.4 Å². The largest absolute Gasteiger partial charge is 0.447 e. The molecule has 2 aliphatic heterocycles. The van der Waals surface area contributed by atoms with Crippen molar-refractivity contribution < 1.29 is 60.9 Å². The number of hydrogen-bond acceptors (Lipinski definition) is 10. The van der Waals surface area contributed by atoms with Crippen LogP contribution in [0.3, 0.4) is 0 Å². The van der Waals surface area contributed by atoms with E-state index in [0.717, 1.165) is 6.20 Å². The second-order valence-corrected chi connectivity index (χ2v) is 11.7. The second-order valence-electron chi connectivity index (χ2n) is 7.33. The lowest BCUT2D eigenvalue weighted by Crippen LogP contribution is -2.38. The molecule has 2 amide bonds. The van der Waals surface area contributed by atoms with Crippen LogP contribution in [-0.2, 0) is 29.3 Å². The first-order valence-electron chi connectivity index (χ1n) is 9.63. The van der Waals surface area contributed by atoms with Crippen LogP contribution >= 0.6 is 15.2 Å². The van der Waals surface area contributed by atoms with Crippen molar-refractivity contribution in [2.24, 2.45) is 0 Å². The van der Waals surface area contributed by atoms with Crippen LogP contribution in [0.5, 0.6) is 5.75 Å². The molecule has 0 spiro atoms. The van der Waals surface area contributed by atoms with Gasteiger partial charge in [-0.05, 0) is 11.6 Å². The number of hydrogen-bond donors (Lipinski definition) is 3. The van der Waals surface area contributed by atoms with E-state index in [4.69, 9.17) is 13.8 Å². The number of pyridine rings is 1. The van der Waals surface area contributed by atoms with Crippen LogP contribution in [-0.4, -0.2) is 55.2 Å². The van der Waals surface area contributed by atoms with Gasteiger partial charge in [-0.15, -0.1) is 0 Å². The first-order chi connectivity index (χ1) is 16.3. The molecule has 13 nitrogen and oxygen atoms in total. The van der Waals surface area contributed by atoms with E-state index < -0.39 is 68.1 Å². The predicted octanol–water partition coefficient (Wildman–Crippen LogP) is 2.62. The van der Waals surface area contributed by atoms with Crippen LogP contribution in [0, 0.1) is 11.6 Å². The number of aromatic nitrogens is 1. The van der Waals surface area contributed by atoms with E-state index in [1.54, 1.807) is 0 Å². The summed E-state index contributed by atoms with van der Waals surface area (Å²) in [5, 5.41) is 7.29. The quantitative estimate of drug-likeness (QED) is 0.487. The average Bonchev–Trinajstić information content (AvgIpc) is 3.18. The minimum atomic E-state index is -5.50. The summed E-state index contributed by atoms with van der Waals surface area (Å²) in [5.41, 5.74) is -1.15. The summed E-state index contributed by atoms with van der Waals surface area (Å²) < 4.78 is 73.7. The maximum Gasteiger partial charge on any atom is 0.424 e. The van der Waals surface area contributed by atoms with E-state index in [-0.39, 0.29) is 18.7 Å². The predicted molar refractivity (Wildman–Crippen MR) is 108 cm³/mol. The molecule has 2 aliphatic rings. The summed E-state index contributed by atoms with van der Waals surface area (Å²) in [6, 6.07) is 3.62. The van der Waals surface area contributed by atoms with Crippen LogP contribution in [0.25, 0.3) is 0 Å². The monoisotopic (exact) mass is 536 g/mol. The van der Waals surface area contributed by atoms with Gasteiger partial charge in [0.2, 0.25) is 6.29 Å². The topological polar surface area (TPSA) is 182 Å². The first-order valence-corrected chi connectivity index (χ1v) is 12.8. The highest BCUT2D eigenvalue weighted by molar-refractivity contribution is 7.73. The number of aliphatic hydroxyl groups is 1. The number of nitrogens with zero attached hydrogens (tertiary/aromatic N) is 2. The standard InChI is InChI=1S/C18H16F2N2O11P2/c19-12-6-11(31-17(24)22-4-5-30-16(22)23)7-13(20)14(12)15-32-34(26,27)18(25,35(28,29)33-15)8-10-2-1-3-21-9-10/h1-3,6-7,9,15,25H,4-5,8H2,(H,26,27)(H,28,29). The van der Waals surface area contributed by atoms with Crippen molar-refractivity contribution in [3.8, 4) is 5.75 Å². The third kappa shape index (κ3) is 4.59. The lowest BCUT2D eigenvalue weighted by atomic mass is 10.2. The summed E-state index contributed by atoms with van der Waals surface area (Å²) in [4.78, 5) is 48.2. The van der Waals surface area contributed by atoms with Crippen LogP contribution in [0.15, 0.2) is 36.7 Å². The number of ether oxygens (including phenoxy) is 2. The van der Waals surface area contributed by atoms with Gasteiger partial charge in [-0.3, -0.25) is 23.2 Å². The molecule has 0 saturated carbocycles. The summed E-state index contributed by atoms with van der Waals surface area (Å²) >= 11 is 0. The summed E-state index contributed by atoms with van der Waals surface area (Å²) in [5.74, 6) is -3.82. The second kappa shape index (κ2) is 9.03. The molecular weight excluding hydrogens is 520 g/mol. The number of halogens is 2. The van der Waals surface area contributed by atoms with E-state index in [1.807, 2.05) is 0 Å². The summed E-state index contributed by atoms with van der Waals surface area (Å²) in [6.45, 7) is -0.245. The maximum absolute atomic E-state index is 14.7. The molecule has 17 heteroatoms. The van der Waals surface area contributed by atoms with Gasteiger partial charge in [0.1, 0.15) is 24.0 Å². The molecule has 188 valence electrons. The van der Waals surface area contributed by atoms with Crippen LogP contribution in [0.1, 0.15) is 17.4 Å². The van der Waals surface area contributed by atoms with Crippen LogP contribution in [0.4, 0.5) is 18.4 Å². The van der Waals surface area contributed by atoms with E-state index in [1.165, 1.54) is 18.3 Å². The third-order valence-corrected chi connectivity index (χ3v) is 9.62. The molecule has 0 aliphatic carbocycles. The molecule has 2 fully saturated rings. The Morgan fingerprint density at radius 2 is 1.86 bits per heavy atom. The van der Waals surface area contributed by atoms with Gasteiger partial charge in [0.15, 0.2) is 0 Å². The Balaban J connectivity index is 1.60. The van der Waals surface area contributed by atoms with Gasteiger partial charge in [-0.25, -0.2) is 23.3 Å². The molecule has 3 N–H and O–H groups in total. The lowest BCUT2D eigenvalue weighted by Gasteiger charge is -2.41. The Kier molecular flexibility index (Phi) is 6.53. The SMILES string of the molecule is O=C1OCCN1C(=O)Oc1cc(F)c(C2OP(=O)(O)C(O)(Cc3cccnc3)P(=O)(O)O2)c(F)c1. The molecule has 2 atom stereocenters. The van der Waals surface area contributed by atoms with E-state index in [9.17, 15) is 42.4 Å². The molecular formula is C18H16F2N2O11P2. The summed E-state index contributed by atoms with van der Waals surface area (Å²) in [6.07, 6.45) is -3.26. The van der Waals surface area contributed by atoms with Gasteiger partial charge < -0.3 is 24.4 Å². The lowest BCUT2D eigenvalue weighted by molar-refractivity contribution is -0.0614. The highest BCUT2D eigenvalue weighted by Gasteiger charge is 2.67. The minimum absolute atomic E-state index is 0.0645. The minimum Gasteiger partial charge on any atom is -0.447 e. The Labute approximate surface area is 194 Å². The molecule has 4 rings (SSSR count). The Morgan fingerprint density at radius 3 is 2.37 bits per heavy atom. The molecule has 1 aromatic heterocycles. The van der Waals surface area contributed by atoms with Crippen molar-refractivity contribution in [1.29, 1.82) is 0 Å². The van der Waals surface area contributed by atoms with Crippen LogP contribution < -0.4 is 4.74 Å². The molecule has 2 saturated heterocycles. The zero-order chi connectivity index (χ0) is 25.6. The molecule has 0 radical (unpaired) electrons. The van der Waals surface area contributed by atoms with Crippen molar-refractivity contribution in [2.75, 3.05) is 13.2 Å². The molecule has 35 heavy (non-hydrogen) atoms. The number of imide groups is 1. The van der Waals surface area contributed by atoms with Gasteiger partial charge in [0.25, 0.3) is 5.08 Å². The molecule has 2 aromatic rings. The van der Waals surface area contributed by atoms with Crippen molar-refractivity contribution in [3.05, 3.63) is 59.4 Å². The number of cyclic esters (lactones) is 1. The number of rotatable bonds is 4. The van der Waals surface area contributed by atoms with Crippen molar-refractivity contribution >= 4 is 27.4 Å². The zero-order valence-electron chi connectivity index (χ0n) is 17.3. The van der Waals surface area contributed by atoms with Gasteiger partial charge in [0.05, 0.1) is 12.1 Å². The van der Waals surface area contributed by atoms with E-state index in [0.29, 0.717) is 17.0 Å². The first kappa shape index (κ1) is 25.3. The Bertz CT molecular complexity index is 1230. The zero-order valence-corrected chi connectivity index (χ0v) is 19.1. The Hall–Kier alpha value is -2.77. The van der Waals surface area contributed by atoms with E-state index >= 15 is 0 Å². The molecule has 0 bridgehead atoms. The number of amides is 2. The highest BCUT2D eigenvalue weighted by atomic mass is 31.2. The fraction of sp³-hybridized carbons (Fsp3) is 0.278. The number of carbonyl (C=O) groups is 2. The average molecular weight is 536 g/mol. The smallest absolute Gasteiger partial charge is 0.424 e. The fourth-order valence-corrected chi connectivity index (χ4v) is 6.80. The highest BCUT2D eigenvalue weighted by Crippen LogP contribution is 2.79. The van der Waals surface area contributed by atoms with E-state index in [2.05, 4.69) is 9.72 Å². The normalized spacial score (nSPS) is 30.7. The van der Waals surface area contributed by atoms with Gasteiger partial charge in [0, 0.05) is 30.9 Å². The van der Waals surface area contributed by atoms with Crippen LogP contribution in [0.2, 0.25) is 0 Å². The number of carbonyl (C=O) groups excluding carboxylic acids is 2. The summed E-state index contributed by atoms with van der Waals surface area (Å²) in [7, 11) is -11.0. The van der Waals surface area contributed by atoms with Crippen molar-refractivity contribution in [2.45, 2.75) is 17.8 Å². The molecule has 1 aromatic carbocycles.